The summed E-state index contributed by atoms with van der Waals surface area (Å²) in [5.74, 6) is -1.64. The zero-order valence-corrected chi connectivity index (χ0v) is 14.3. The number of ether oxygens (including phenoxy) is 1. The molecule has 0 spiro atoms. The van der Waals surface area contributed by atoms with E-state index in [2.05, 4.69) is 5.32 Å². The summed E-state index contributed by atoms with van der Waals surface area (Å²) in [5.41, 5.74) is 2.45. The maximum absolute atomic E-state index is 13.0. The number of rotatable bonds is 4. The van der Waals surface area contributed by atoms with Crippen molar-refractivity contribution in [3.05, 3.63) is 63.9 Å². The van der Waals surface area contributed by atoms with E-state index in [1.54, 1.807) is 19.1 Å². The molecule has 2 rings (SSSR count). The smallest absolute Gasteiger partial charge is 0.339 e. The second kappa shape index (κ2) is 7.45. The van der Waals surface area contributed by atoms with Gasteiger partial charge in [0.15, 0.2) is 6.10 Å². The zero-order chi connectivity index (χ0) is 17.9. The molecule has 2 aromatic rings. The molecular formula is C18H17ClFNO3. The van der Waals surface area contributed by atoms with Gasteiger partial charge in [-0.25, -0.2) is 9.18 Å². The van der Waals surface area contributed by atoms with Gasteiger partial charge >= 0.3 is 5.97 Å². The predicted octanol–water partition coefficient (Wildman–Crippen LogP) is 4.28. The molecule has 0 heterocycles. The minimum Gasteiger partial charge on any atom is -0.449 e. The summed E-state index contributed by atoms with van der Waals surface area (Å²) in [6.45, 7) is 5.17. The number of benzene rings is 2. The molecule has 1 amide bonds. The fraction of sp³-hybridized carbons (Fsp3) is 0.222. The Morgan fingerprint density at radius 3 is 2.50 bits per heavy atom. The van der Waals surface area contributed by atoms with Gasteiger partial charge in [0, 0.05) is 0 Å². The fourth-order valence-corrected chi connectivity index (χ4v) is 2.36. The van der Waals surface area contributed by atoms with Crippen molar-refractivity contribution in [1.29, 1.82) is 0 Å². The summed E-state index contributed by atoms with van der Waals surface area (Å²) in [6, 6.07) is 8.92. The van der Waals surface area contributed by atoms with Crippen LogP contribution in [-0.4, -0.2) is 18.0 Å². The number of carbonyl (C=O) groups excluding carboxylic acids is 2. The first kappa shape index (κ1) is 17.9. The highest BCUT2D eigenvalue weighted by Gasteiger charge is 2.20. The molecule has 0 saturated heterocycles. The Balaban J connectivity index is 2.04. The molecule has 0 aliphatic rings. The highest BCUT2D eigenvalue weighted by atomic mass is 35.5. The number of amides is 1. The van der Waals surface area contributed by atoms with Gasteiger partial charge in [-0.1, -0.05) is 29.3 Å². The van der Waals surface area contributed by atoms with E-state index < -0.39 is 23.8 Å². The maximum Gasteiger partial charge on any atom is 0.339 e. The lowest BCUT2D eigenvalue weighted by molar-refractivity contribution is -0.123. The van der Waals surface area contributed by atoms with Crippen molar-refractivity contribution in [2.24, 2.45) is 0 Å². The van der Waals surface area contributed by atoms with Gasteiger partial charge in [-0.05, 0) is 50.6 Å². The van der Waals surface area contributed by atoms with Crippen LogP contribution in [0.25, 0.3) is 0 Å². The third-order valence-corrected chi connectivity index (χ3v) is 3.76. The zero-order valence-electron chi connectivity index (χ0n) is 13.5. The lowest BCUT2D eigenvalue weighted by Gasteiger charge is -2.15. The largest absolute Gasteiger partial charge is 0.449 e. The number of esters is 1. The molecule has 0 radical (unpaired) electrons. The maximum atomic E-state index is 13.0. The topological polar surface area (TPSA) is 55.4 Å². The summed E-state index contributed by atoms with van der Waals surface area (Å²) >= 11 is 5.85. The molecule has 1 atom stereocenters. The lowest BCUT2D eigenvalue weighted by Crippen LogP contribution is -2.30. The van der Waals surface area contributed by atoms with E-state index in [4.69, 9.17) is 16.3 Å². The summed E-state index contributed by atoms with van der Waals surface area (Å²) < 4.78 is 18.2. The molecule has 0 aromatic heterocycles. The molecular weight excluding hydrogens is 333 g/mol. The Morgan fingerprint density at radius 2 is 1.88 bits per heavy atom. The number of nitrogens with one attached hydrogen (secondary N) is 1. The molecule has 0 aliphatic carbocycles. The van der Waals surface area contributed by atoms with E-state index in [1.807, 2.05) is 13.0 Å². The Hall–Kier alpha value is -2.40. The quantitative estimate of drug-likeness (QED) is 0.838. The van der Waals surface area contributed by atoms with Crippen LogP contribution < -0.4 is 5.32 Å². The van der Waals surface area contributed by atoms with Gasteiger partial charge < -0.3 is 10.1 Å². The van der Waals surface area contributed by atoms with E-state index in [0.29, 0.717) is 5.56 Å². The molecule has 0 saturated carbocycles. The van der Waals surface area contributed by atoms with E-state index >= 15 is 0 Å². The van der Waals surface area contributed by atoms with Crippen molar-refractivity contribution in [2.75, 3.05) is 5.32 Å². The minimum absolute atomic E-state index is 0.0660. The number of anilines is 1. The molecule has 24 heavy (non-hydrogen) atoms. The number of aryl methyl sites for hydroxylation is 2. The monoisotopic (exact) mass is 349 g/mol. The summed E-state index contributed by atoms with van der Waals surface area (Å²) in [4.78, 5) is 24.3. The fourth-order valence-electron chi connectivity index (χ4n) is 2.15. The number of hydrogen-bond acceptors (Lipinski definition) is 3. The second-order valence-electron chi connectivity index (χ2n) is 5.48. The molecule has 4 nitrogen and oxygen atoms in total. The molecule has 0 bridgehead atoms. The van der Waals surface area contributed by atoms with Gasteiger partial charge in [-0.3, -0.25) is 4.79 Å². The van der Waals surface area contributed by atoms with Gasteiger partial charge in [0.25, 0.3) is 5.91 Å². The first-order valence-corrected chi connectivity index (χ1v) is 7.70. The van der Waals surface area contributed by atoms with Crippen LogP contribution in [0.4, 0.5) is 10.1 Å². The molecule has 0 unspecified atom stereocenters. The molecule has 2 aromatic carbocycles. The Labute approximate surface area is 144 Å². The highest BCUT2D eigenvalue weighted by Crippen LogP contribution is 2.22. The lowest BCUT2D eigenvalue weighted by atomic mass is 10.1. The third-order valence-electron chi connectivity index (χ3n) is 3.44. The van der Waals surface area contributed by atoms with Crippen LogP contribution in [0.1, 0.15) is 28.4 Å². The van der Waals surface area contributed by atoms with Crippen LogP contribution in [0.5, 0.6) is 0 Å². The van der Waals surface area contributed by atoms with Crippen molar-refractivity contribution < 1.29 is 18.7 Å². The van der Waals surface area contributed by atoms with Gasteiger partial charge in [-0.2, -0.15) is 0 Å². The molecule has 0 aliphatic heterocycles. The van der Waals surface area contributed by atoms with Crippen molar-refractivity contribution in [3.63, 3.8) is 0 Å². The standard InChI is InChI=1S/C18H17ClFNO3/c1-10-4-6-14(11(2)8-10)18(23)24-12(3)17(22)21-16-7-5-13(20)9-15(16)19/h4-9,12H,1-3H3,(H,21,22)/t12-/m1/s1. The molecule has 0 fully saturated rings. The molecule has 1 N–H and O–H groups in total. The summed E-state index contributed by atoms with van der Waals surface area (Å²) in [7, 11) is 0. The van der Waals surface area contributed by atoms with Crippen molar-refractivity contribution in [2.45, 2.75) is 26.9 Å². The van der Waals surface area contributed by atoms with Crippen molar-refractivity contribution >= 4 is 29.2 Å². The van der Waals surface area contributed by atoms with Crippen LogP contribution in [-0.2, 0) is 9.53 Å². The van der Waals surface area contributed by atoms with Gasteiger partial charge in [0.2, 0.25) is 0 Å². The number of carbonyl (C=O) groups is 2. The van der Waals surface area contributed by atoms with Crippen LogP contribution in [0.15, 0.2) is 36.4 Å². The van der Waals surface area contributed by atoms with E-state index in [9.17, 15) is 14.0 Å². The number of hydrogen-bond donors (Lipinski definition) is 1. The second-order valence-corrected chi connectivity index (χ2v) is 5.89. The Bertz CT molecular complexity index is 792. The van der Waals surface area contributed by atoms with Crippen LogP contribution >= 0.6 is 11.6 Å². The Kier molecular flexibility index (Phi) is 5.57. The van der Waals surface area contributed by atoms with E-state index in [1.165, 1.54) is 19.1 Å². The Morgan fingerprint density at radius 1 is 1.17 bits per heavy atom. The van der Waals surface area contributed by atoms with Crippen LogP contribution in [0.2, 0.25) is 5.02 Å². The normalized spacial score (nSPS) is 11.7. The van der Waals surface area contributed by atoms with Gasteiger partial charge in [0.05, 0.1) is 16.3 Å². The van der Waals surface area contributed by atoms with Crippen LogP contribution in [0, 0.1) is 19.7 Å². The first-order chi connectivity index (χ1) is 11.3. The SMILES string of the molecule is Cc1ccc(C(=O)O[C@H](C)C(=O)Nc2ccc(F)cc2Cl)c(C)c1. The third kappa shape index (κ3) is 4.32. The predicted molar refractivity (Wildman–Crippen MR) is 90.8 cm³/mol. The van der Waals surface area contributed by atoms with E-state index in [-0.39, 0.29) is 10.7 Å². The van der Waals surface area contributed by atoms with E-state index in [0.717, 1.165) is 17.2 Å². The summed E-state index contributed by atoms with van der Waals surface area (Å²) in [6.07, 6.45) is -1.03. The number of halogens is 2. The van der Waals surface area contributed by atoms with Crippen molar-refractivity contribution in [3.8, 4) is 0 Å². The molecule has 126 valence electrons. The van der Waals surface area contributed by atoms with Crippen molar-refractivity contribution in [1.82, 2.24) is 0 Å². The molecule has 6 heteroatoms. The minimum atomic E-state index is -1.03. The van der Waals surface area contributed by atoms with Gasteiger partial charge in [-0.15, -0.1) is 0 Å². The first-order valence-electron chi connectivity index (χ1n) is 7.32. The van der Waals surface area contributed by atoms with Crippen LogP contribution in [0.3, 0.4) is 0 Å². The highest BCUT2D eigenvalue weighted by molar-refractivity contribution is 6.33. The van der Waals surface area contributed by atoms with Gasteiger partial charge in [0.1, 0.15) is 5.82 Å². The summed E-state index contributed by atoms with van der Waals surface area (Å²) in [5, 5.41) is 2.57. The average molecular weight is 350 g/mol. The average Bonchev–Trinajstić information content (AvgIpc) is 2.49.